The van der Waals surface area contributed by atoms with Crippen LogP contribution >= 0.6 is 11.6 Å². The van der Waals surface area contributed by atoms with Gasteiger partial charge in [-0.2, -0.15) is 13.2 Å². The number of rotatable bonds is 4. The van der Waals surface area contributed by atoms with Gasteiger partial charge in [-0.1, -0.05) is 11.6 Å². The Kier molecular flexibility index (Phi) is 7.58. The van der Waals surface area contributed by atoms with Gasteiger partial charge in [-0.05, 0) is 31.9 Å². The lowest BCUT2D eigenvalue weighted by Crippen LogP contribution is -2.43. The number of piperidine rings is 1. The first kappa shape index (κ1) is 26.3. The molecule has 1 aromatic carbocycles. The number of hydrogen-bond acceptors (Lipinski definition) is 5. The molecule has 1 saturated heterocycles. The summed E-state index contributed by atoms with van der Waals surface area (Å²) in [6.07, 6.45) is -4.25. The Morgan fingerprint density at radius 2 is 1.80 bits per heavy atom. The molecule has 0 radical (unpaired) electrons. The van der Waals surface area contributed by atoms with E-state index in [2.05, 4.69) is 5.32 Å². The summed E-state index contributed by atoms with van der Waals surface area (Å²) >= 11 is 6.01. The first-order valence-electron chi connectivity index (χ1n) is 10.5. The molecule has 35 heavy (non-hydrogen) atoms. The van der Waals surface area contributed by atoms with Gasteiger partial charge in [0, 0.05) is 26.2 Å². The van der Waals surface area contributed by atoms with Crippen molar-refractivity contribution in [2.45, 2.75) is 25.9 Å². The Morgan fingerprint density at radius 3 is 2.37 bits per heavy atom. The summed E-state index contributed by atoms with van der Waals surface area (Å²) in [7, 11) is 0.789. The van der Waals surface area contributed by atoms with Gasteiger partial charge in [0.1, 0.15) is 11.5 Å². The van der Waals surface area contributed by atoms with Crippen molar-refractivity contribution in [3.63, 3.8) is 0 Å². The number of ether oxygens (including phenoxy) is 1. The maximum atomic E-state index is 14.6. The second-order valence-corrected chi connectivity index (χ2v) is 8.18. The number of aromatic nitrogens is 2. The third kappa shape index (κ3) is 5.50. The number of likely N-dealkylation sites (tertiary alicyclic amines) is 1. The number of halogens is 5. The van der Waals surface area contributed by atoms with Crippen LogP contribution in [0.25, 0.3) is 5.69 Å². The summed E-state index contributed by atoms with van der Waals surface area (Å²) in [5, 5.41) is 2.18. The minimum atomic E-state index is -4.98. The molecule has 2 heterocycles. The predicted molar refractivity (Wildman–Crippen MR) is 117 cm³/mol. The van der Waals surface area contributed by atoms with Crippen LogP contribution in [0.5, 0.6) is 0 Å². The Balaban J connectivity index is 1.88. The van der Waals surface area contributed by atoms with Crippen LogP contribution in [-0.2, 0) is 22.8 Å². The summed E-state index contributed by atoms with van der Waals surface area (Å²) in [6, 6.07) is 1.14. The van der Waals surface area contributed by atoms with E-state index in [1.807, 2.05) is 0 Å². The number of nitrogens with one attached hydrogen (secondary N) is 1. The maximum absolute atomic E-state index is 14.6. The van der Waals surface area contributed by atoms with E-state index in [9.17, 15) is 36.7 Å². The van der Waals surface area contributed by atoms with Crippen LogP contribution in [0.3, 0.4) is 0 Å². The average molecular weight is 521 g/mol. The maximum Gasteiger partial charge on any atom is 0.431 e. The van der Waals surface area contributed by atoms with Crippen LogP contribution in [0, 0.1) is 11.7 Å². The van der Waals surface area contributed by atoms with Gasteiger partial charge in [-0.15, -0.1) is 0 Å². The molecular formula is C21H21ClF4N4O5. The largest absolute Gasteiger partial charge is 0.466 e. The lowest BCUT2D eigenvalue weighted by Gasteiger charge is -2.31. The summed E-state index contributed by atoms with van der Waals surface area (Å²) in [4.78, 5) is 50.8. The molecule has 3 rings (SSSR count). The number of urea groups is 1. The van der Waals surface area contributed by atoms with E-state index in [0.717, 1.165) is 19.2 Å². The molecule has 9 nitrogen and oxygen atoms in total. The van der Waals surface area contributed by atoms with Crippen LogP contribution in [0.15, 0.2) is 27.8 Å². The number of carbonyl (C=O) groups excluding carboxylic acids is 2. The summed E-state index contributed by atoms with van der Waals surface area (Å²) in [6.45, 7) is 2.38. The van der Waals surface area contributed by atoms with Crippen molar-refractivity contribution in [3.05, 3.63) is 55.6 Å². The van der Waals surface area contributed by atoms with E-state index in [-0.39, 0.29) is 57.5 Å². The Morgan fingerprint density at radius 1 is 1.17 bits per heavy atom. The van der Waals surface area contributed by atoms with Gasteiger partial charge in [-0.3, -0.25) is 14.2 Å². The lowest BCUT2D eigenvalue weighted by atomic mass is 9.97. The summed E-state index contributed by atoms with van der Waals surface area (Å²) < 4.78 is 59.3. The molecule has 0 aliphatic carbocycles. The monoisotopic (exact) mass is 520 g/mol. The minimum Gasteiger partial charge on any atom is -0.466 e. The minimum absolute atomic E-state index is 0.168. The second kappa shape index (κ2) is 10.1. The number of esters is 1. The van der Waals surface area contributed by atoms with E-state index in [1.54, 1.807) is 6.92 Å². The smallest absolute Gasteiger partial charge is 0.431 e. The van der Waals surface area contributed by atoms with Crippen molar-refractivity contribution >= 4 is 29.3 Å². The molecule has 14 heteroatoms. The van der Waals surface area contributed by atoms with Gasteiger partial charge in [-0.25, -0.2) is 18.5 Å². The van der Waals surface area contributed by atoms with Crippen molar-refractivity contribution < 1.29 is 31.9 Å². The molecule has 1 aromatic heterocycles. The number of alkyl halides is 3. The highest BCUT2D eigenvalue weighted by atomic mass is 35.5. The first-order valence-corrected chi connectivity index (χ1v) is 10.8. The van der Waals surface area contributed by atoms with E-state index in [4.69, 9.17) is 16.3 Å². The van der Waals surface area contributed by atoms with E-state index < -0.39 is 40.7 Å². The SMILES string of the molecule is CCOC(=O)C1CCN(C(=O)Nc2cc(-n3c(=O)cc(C(F)(F)F)n(C)c3=O)c(F)cc2Cl)CC1. The molecule has 0 bridgehead atoms. The molecule has 0 unspecified atom stereocenters. The fourth-order valence-corrected chi connectivity index (χ4v) is 3.89. The first-order chi connectivity index (χ1) is 16.3. The van der Waals surface area contributed by atoms with Gasteiger partial charge in [0.2, 0.25) is 0 Å². The van der Waals surface area contributed by atoms with E-state index >= 15 is 0 Å². The summed E-state index contributed by atoms with van der Waals surface area (Å²) in [5.41, 5.74) is -5.22. The quantitative estimate of drug-likeness (QED) is 0.493. The molecule has 0 spiro atoms. The normalized spacial score (nSPS) is 14.7. The van der Waals surface area contributed by atoms with Crippen LogP contribution < -0.4 is 16.6 Å². The highest BCUT2D eigenvalue weighted by Crippen LogP contribution is 2.29. The van der Waals surface area contributed by atoms with Crippen molar-refractivity contribution in [3.8, 4) is 5.69 Å². The fraction of sp³-hybridized carbons (Fsp3) is 0.429. The van der Waals surface area contributed by atoms with E-state index in [0.29, 0.717) is 12.8 Å². The molecule has 1 aliphatic rings. The fourth-order valence-electron chi connectivity index (χ4n) is 3.70. The predicted octanol–water partition coefficient (Wildman–Crippen LogP) is 3.15. The highest BCUT2D eigenvalue weighted by molar-refractivity contribution is 6.33. The second-order valence-electron chi connectivity index (χ2n) is 7.77. The number of carbonyl (C=O) groups is 2. The molecule has 2 amide bonds. The molecular weight excluding hydrogens is 500 g/mol. The molecule has 0 saturated carbocycles. The number of hydrogen-bond donors (Lipinski definition) is 1. The molecule has 190 valence electrons. The molecule has 1 aliphatic heterocycles. The number of benzene rings is 1. The summed E-state index contributed by atoms with van der Waals surface area (Å²) in [5.74, 6) is -1.85. The van der Waals surface area contributed by atoms with Crippen LogP contribution in [0.2, 0.25) is 5.02 Å². The third-order valence-electron chi connectivity index (χ3n) is 5.53. The van der Waals surface area contributed by atoms with Gasteiger partial charge in [0.25, 0.3) is 5.56 Å². The van der Waals surface area contributed by atoms with Crippen molar-refractivity contribution in [1.29, 1.82) is 0 Å². The van der Waals surface area contributed by atoms with E-state index in [1.165, 1.54) is 4.90 Å². The van der Waals surface area contributed by atoms with Gasteiger partial charge >= 0.3 is 23.9 Å². The molecule has 1 fully saturated rings. The third-order valence-corrected chi connectivity index (χ3v) is 5.84. The van der Waals surface area contributed by atoms with Crippen LogP contribution in [0.1, 0.15) is 25.5 Å². The zero-order valence-corrected chi connectivity index (χ0v) is 19.4. The van der Waals surface area contributed by atoms with Gasteiger partial charge < -0.3 is 15.0 Å². The molecule has 2 aromatic rings. The van der Waals surface area contributed by atoms with Crippen LogP contribution in [0.4, 0.5) is 28.0 Å². The van der Waals surface area contributed by atoms with Gasteiger partial charge in [0.15, 0.2) is 0 Å². The number of amides is 2. The lowest BCUT2D eigenvalue weighted by molar-refractivity contribution is -0.149. The standard InChI is InChI=1S/C21H21ClF4N4O5/c1-3-35-18(32)11-4-6-29(7-5-11)19(33)27-14-9-15(13(23)8-12(14)22)30-17(31)10-16(21(24,25)26)28(2)20(30)34/h8-11H,3-7H2,1-2H3,(H,27,33). The highest BCUT2D eigenvalue weighted by Gasteiger charge is 2.35. The average Bonchev–Trinajstić information content (AvgIpc) is 2.78. The molecule has 1 N–H and O–H groups in total. The zero-order chi connectivity index (χ0) is 26.1. The topological polar surface area (TPSA) is 103 Å². The number of anilines is 1. The van der Waals surface area contributed by atoms with Crippen molar-refractivity contribution in [2.24, 2.45) is 13.0 Å². The van der Waals surface area contributed by atoms with Crippen molar-refractivity contribution in [1.82, 2.24) is 14.0 Å². The number of nitrogens with zero attached hydrogens (tertiary/aromatic N) is 3. The molecule has 0 atom stereocenters. The Bertz CT molecular complexity index is 1270. The van der Waals surface area contributed by atoms with Gasteiger partial charge in [0.05, 0.1) is 28.9 Å². The van der Waals surface area contributed by atoms with Crippen molar-refractivity contribution in [2.75, 3.05) is 25.0 Å². The Labute approximate surface area is 200 Å². The zero-order valence-electron chi connectivity index (χ0n) is 18.6. The van der Waals surface area contributed by atoms with Crippen LogP contribution in [-0.4, -0.2) is 45.7 Å². The Hall–Kier alpha value is -3.35.